The van der Waals surface area contributed by atoms with Gasteiger partial charge in [-0.1, -0.05) is 19.1 Å². The molecule has 0 saturated heterocycles. The van der Waals surface area contributed by atoms with Crippen molar-refractivity contribution in [3.05, 3.63) is 53.1 Å². The number of hydrazine groups is 1. The van der Waals surface area contributed by atoms with E-state index >= 15 is 0 Å². The number of rotatable bonds is 5. The topological polar surface area (TPSA) is 77.1 Å². The highest BCUT2D eigenvalue weighted by Crippen LogP contribution is 2.36. The van der Waals surface area contributed by atoms with Gasteiger partial charge in [0.15, 0.2) is 11.5 Å². The van der Waals surface area contributed by atoms with Gasteiger partial charge in [-0.15, -0.1) is 0 Å². The number of ether oxygens (including phenoxy) is 3. The molecule has 0 spiro atoms. The molecule has 1 heterocycles. The van der Waals surface area contributed by atoms with E-state index < -0.39 is 17.4 Å². The van der Waals surface area contributed by atoms with Crippen LogP contribution in [0.4, 0.5) is 0 Å². The normalized spacial score (nSPS) is 12.6. The number of benzene rings is 2. The van der Waals surface area contributed by atoms with E-state index in [1.165, 1.54) is 0 Å². The molecule has 2 aromatic carbocycles. The number of imide groups is 1. The number of carbonyl (C=O) groups is 2. The Morgan fingerprint density at radius 2 is 1.72 bits per heavy atom. The van der Waals surface area contributed by atoms with E-state index in [2.05, 4.69) is 5.43 Å². The van der Waals surface area contributed by atoms with Crippen molar-refractivity contribution in [2.45, 2.75) is 39.7 Å². The smallest absolute Gasteiger partial charge is 0.279 e. The van der Waals surface area contributed by atoms with Crippen LogP contribution in [0.25, 0.3) is 0 Å². The van der Waals surface area contributed by atoms with Crippen LogP contribution in [0.1, 0.15) is 54.0 Å². The number of nitrogens with one attached hydrogen (secondary N) is 1. The van der Waals surface area contributed by atoms with E-state index in [1.54, 1.807) is 43.5 Å². The molecule has 0 unspecified atom stereocenters. The number of hydrogen-bond acceptors (Lipinski definition) is 6. The molecular formula is C22H26N2O5. The number of para-hydroxylation sites is 1. The molecule has 3 rings (SSSR count). The molecule has 0 bridgehead atoms. The van der Waals surface area contributed by atoms with Crippen LogP contribution in [0, 0.1) is 0 Å². The predicted octanol–water partition coefficient (Wildman–Crippen LogP) is 3.57. The number of nitrogens with zero attached hydrogens (tertiary/aromatic N) is 1. The molecule has 29 heavy (non-hydrogen) atoms. The zero-order valence-corrected chi connectivity index (χ0v) is 17.4. The lowest BCUT2D eigenvalue weighted by Crippen LogP contribution is -2.55. The number of hydrogen-bond donors (Lipinski definition) is 1. The zero-order chi connectivity index (χ0) is 21.2. The molecule has 7 nitrogen and oxygen atoms in total. The molecule has 0 fully saturated rings. The van der Waals surface area contributed by atoms with Gasteiger partial charge in [0, 0.05) is 16.7 Å². The lowest BCUT2D eigenvalue weighted by atomic mass is 10.0. The lowest BCUT2D eigenvalue weighted by Gasteiger charge is -2.31. The molecule has 0 atom stereocenters. The summed E-state index contributed by atoms with van der Waals surface area (Å²) in [6, 6.07) is 10.3. The molecule has 2 aromatic rings. The van der Waals surface area contributed by atoms with Crippen molar-refractivity contribution in [2.75, 3.05) is 13.9 Å². The van der Waals surface area contributed by atoms with Crippen LogP contribution in [0.2, 0.25) is 0 Å². The lowest BCUT2D eigenvalue weighted by molar-refractivity contribution is 0.0449. The van der Waals surface area contributed by atoms with Gasteiger partial charge in [-0.2, -0.15) is 0 Å². The Kier molecular flexibility index (Phi) is 5.79. The number of carbonyl (C=O) groups excluding carboxylic acids is 2. The van der Waals surface area contributed by atoms with Gasteiger partial charge < -0.3 is 14.2 Å². The van der Waals surface area contributed by atoms with Crippen molar-refractivity contribution in [1.82, 2.24) is 10.4 Å². The summed E-state index contributed by atoms with van der Waals surface area (Å²) >= 11 is 0. The van der Waals surface area contributed by atoms with Crippen LogP contribution in [0.15, 0.2) is 36.4 Å². The molecule has 154 valence electrons. The Morgan fingerprint density at radius 1 is 1.07 bits per heavy atom. The summed E-state index contributed by atoms with van der Waals surface area (Å²) in [5.41, 5.74) is 3.90. The number of amides is 2. The standard InChI is InChI=1S/C22H26N2O5/c1-6-14-15(9-7-11-17(14)27-5)20(25)24(23-22(2,3)4)21(26)16-10-8-12-18-19(16)29-13-28-18/h7-12,23H,6,13H2,1-5H3. The van der Waals surface area contributed by atoms with Crippen molar-refractivity contribution in [3.63, 3.8) is 0 Å². The summed E-state index contributed by atoms with van der Waals surface area (Å²) in [6.07, 6.45) is 0.584. The zero-order valence-electron chi connectivity index (χ0n) is 17.4. The third-order valence-electron chi connectivity index (χ3n) is 4.42. The average Bonchev–Trinajstić information content (AvgIpc) is 3.18. The van der Waals surface area contributed by atoms with Gasteiger partial charge in [-0.25, -0.2) is 10.4 Å². The Labute approximate surface area is 170 Å². The van der Waals surface area contributed by atoms with Crippen LogP contribution in [-0.2, 0) is 6.42 Å². The highest BCUT2D eigenvalue weighted by Gasteiger charge is 2.33. The fraction of sp³-hybridized carbons (Fsp3) is 0.364. The molecule has 7 heteroatoms. The molecular weight excluding hydrogens is 372 g/mol. The van der Waals surface area contributed by atoms with Crippen LogP contribution < -0.4 is 19.6 Å². The van der Waals surface area contributed by atoms with Gasteiger partial charge >= 0.3 is 0 Å². The number of methoxy groups -OCH3 is 1. The van der Waals surface area contributed by atoms with Gasteiger partial charge in [0.25, 0.3) is 11.8 Å². The average molecular weight is 398 g/mol. The first-order chi connectivity index (χ1) is 13.8. The van der Waals surface area contributed by atoms with Crippen molar-refractivity contribution >= 4 is 11.8 Å². The first-order valence-corrected chi connectivity index (χ1v) is 9.48. The van der Waals surface area contributed by atoms with E-state index in [0.717, 1.165) is 10.6 Å². The van der Waals surface area contributed by atoms with Crippen molar-refractivity contribution in [3.8, 4) is 17.2 Å². The van der Waals surface area contributed by atoms with Crippen molar-refractivity contribution in [1.29, 1.82) is 0 Å². The van der Waals surface area contributed by atoms with Crippen LogP contribution >= 0.6 is 0 Å². The Hall–Kier alpha value is -3.06. The second kappa shape index (κ2) is 8.13. The summed E-state index contributed by atoms with van der Waals surface area (Å²) in [4.78, 5) is 26.9. The summed E-state index contributed by atoms with van der Waals surface area (Å²) in [5, 5.41) is 1.05. The SMILES string of the molecule is CCc1c(OC)cccc1C(=O)N(NC(C)(C)C)C(=O)c1cccc2c1OCO2. The molecule has 0 aromatic heterocycles. The van der Waals surface area contributed by atoms with E-state index in [1.807, 2.05) is 27.7 Å². The summed E-state index contributed by atoms with van der Waals surface area (Å²) < 4.78 is 16.2. The Morgan fingerprint density at radius 3 is 2.38 bits per heavy atom. The third-order valence-corrected chi connectivity index (χ3v) is 4.42. The maximum Gasteiger partial charge on any atom is 0.279 e. The fourth-order valence-electron chi connectivity index (χ4n) is 3.19. The van der Waals surface area contributed by atoms with E-state index in [9.17, 15) is 9.59 Å². The highest BCUT2D eigenvalue weighted by atomic mass is 16.7. The van der Waals surface area contributed by atoms with Crippen molar-refractivity contribution in [2.24, 2.45) is 0 Å². The first kappa shape index (κ1) is 20.7. The van der Waals surface area contributed by atoms with Crippen LogP contribution in [-0.4, -0.2) is 36.3 Å². The minimum atomic E-state index is -0.536. The quantitative estimate of drug-likeness (QED) is 0.613. The molecule has 2 amide bonds. The Bertz CT molecular complexity index is 933. The van der Waals surface area contributed by atoms with Gasteiger partial charge in [0.05, 0.1) is 12.7 Å². The fourth-order valence-corrected chi connectivity index (χ4v) is 3.19. The molecule has 0 saturated carbocycles. The molecule has 0 radical (unpaired) electrons. The molecule has 0 aliphatic carbocycles. The van der Waals surface area contributed by atoms with Gasteiger partial charge in [0.2, 0.25) is 6.79 Å². The van der Waals surface area contributed by atoms with E-state index in [0.29, 0.717) is 29.2 Å². The van der Waals surface area contributed by atoms with Crippen LogP contribution in [0.3, 0.4) is 0 Å². The summed E-state index contributed by atoms with van der Waals surface area (Å²) in [7, 11) is 1.56. The second-order valence-corrected chi connectivity index (χ2v) is 7.69. The minimum Gasteiger partial charge on any atom is -0.496 e. The largest absolute Gasteiger partial charge is 0.496 e. The van der Waals surface area contributed by atoms with Gasteiger partial charge in [0.1, 0.15) is 5.75 Å². The van der Waals surface area contributed by atoms with Gasteiger partial charge in [-0.05, 0) is 51.5 Å². The first-order valence-electron chi connectivity index (χ1n) is 9.48. The maximum atomic E-state index is 13.5. The van der Waals surface area contributed by atoms with E-state index in [4.69, 9.17) is 14.2 Å². The number of fused-ring (bicyclic) bond motifs is 1. The molecule has 1 aliphatic heterocycles. The third kappa shape index (κ3) is 4.19. The highest BCUT2D eigenvalue weighted by molar-refractivity contribution is 6.12. The van der Waals surface area contributed by atoms with Crippen molar-refractivity contribution < 1.29 is 23.8 Å². The molecule has 1 N–H and O–H groups in total. The maximum absolute atomic E-state index is 13.5. The van der Waals surface area contributed by atoms with Crippen LogP contribution in [0.5, 0.6) is 17.2 Å². The molecule has 1 aliphatic rings. The summed E-state index contributed by atoms with van der Waals surface area (Å²) in [6.45, 7) is 7.61. The monoisotopic (exact) mass is 398 g/mol. The summed E-state index contributed by atoms with van der Waals surface area (Å²) in [5.74, 6) is 0.454. The van der Waals surface area contributed by atoms with Gasteiger partial charge in [-0.3, -0.25) is 9.59 Å². The minimum absolute atomic E-state index is 0.0378. The van der Waals surface area contributed by atoms with E-state index in [-0.39, 0.29) is 12.4 Å². The second-order valence-electron chi connectivity index (χ2n) is 7.69. The predicted molar refractivity (Wildman–Crippen MR) is 108 cm³/mol. The Balaban J connectivity index is 2.06.